The molecule has 3 rings (SSSR count). The van der Waals surface area contributed by atoms with E-state index in [0.717, 1.165) is 23.7 Å². The van der Waals surface area contributed by atoms with Crippen LogP contribution in [-0.4, -0.2) is 37.0 Å². The molecule has 1 N–H and O–H groups in total. The van der Waals surface area contributed by atoms with Crippen molar-refractivity contribution < 1.29 is 18.7 Å². The van der Waals surface area contributed by atoms with Crippen molar-refractivity contribution in [3.05, 3.63) is 65.1 Å². The molecule has 0 bridgehead atoms. The molecule has 0 aromatic heterocycles. The fourth-order valence-corrected chi connectivity index (χ4v) is 3.27. The average Bonchev–Trinajstić information content (AvgIpc) is 2.98. The number of hydrogen-bond acceptors (Lipinski definition) is 4. The maximum Gasteiger partial charge on any atom is 0.329 e. The smallest absolute Gasteiger partial charge is 0.329 e. The second kappa shape index (κ2) is 8.77. The number of carbonyl (C=O) groups is 2. The summed E-state index contributed by atoms with van der Waals surface area (Å²) in [6, 6.07) is 11.2. The number of carbonyl (C=O) groups excluding carboxylic acids is 2. The highest BCUT2D eigenvalue weighted by Gasteiger charge is 2.34. The molecule has 0 unspecified atom stereocenters. The molecule has 2 aromatic rings. The molecule has 1 fully saturated rings. The zero-order valence-electron chi connectivity index (χ0n) is 16.7. The predicted octanol–water partition coefficient (Wildman–Crippen LogP) is 3.77. The maximum atomic E-state index is 13.9. The van der Waals surface area contributed by atoms with Crippen LogP contribution in [0.15, 0.2) is 48.2 Å². The summed E-state index contributed by atoms with van der Waals surface area (Å²) in [4.78, 5) is 28.1. The highest BCUT2D eigenvalue weighted by atomic mass is 19.1. The third kappa shape index (κ3) is 4.23. The van der Waals surface area contributed by atoms with E-state index in [4.69, 9.17) is 4.74 Å². The van der Waals surface area contributed by atoms with Gasteiger partial charge in [-0.1, -0.05) is 18.2 Å². The van der Waals surface area contributed by atoms with Gasteiger partial charge in [0.05, 0.1) is 13.7 Å². The third-order valence-electron chi connectivity index (χ3n) is 4.89. The lowest BCUT2D eigenvalue weighted by Crippen LogP contribution is -2.30. The molecule has 0 aliphatic carbocycles. The molecule has 1 saturated heterocycles. The molecule has 0 radical (unpaired) electrons. The molecular formula is C22H24FN3O3. The number of amides is 3. The van der Waals surface area contributed by atoms with Gasteiger partial charge in [-0.15, -0.1) is 0 Å². The zero-order chi connectivity index (χ0) is 21.0. The number of urea groups is 1. The van der Waals surface area contributed by atoms with Gasteiger partial charge in [-0.25, -0.2) is 9.18 Å². The van der Waals surface area contributed by atoms with Gasteiger partial charge < -0.3 is 15.0 Å². The molecule has 7 heteroatoms. The van der Waals surface area contributed by atoms with Crippen LogP contribution in [0.5, 0.6) is 5.75 Å². The summed E-state index contributed by atoms with van der Waals surface area (Å²) in [7, 11) is 1.56. The van der Waals surface area contributed by atoms with E-state index in [1.807, 2.05) is 18.2 Å². The number of benzene rings is 2. The van der Waals surface area contributed by atoms with Crippen molar-refractivity contribution in [2.24, 2.45) is 0 Å². The number of methoxy groups -OCH3 is 1. The molecule has 3 amide bonds. The quantitative estimate of drug-likeness (QED) is 0.571. The van der Waals surface area contributed by atoms with Crippen molar-refractivity contribution in [3.63, 3.8) is 0 Å². The summed E-state index contributed by atoms with van der Waals surface area (Å²) in [6.45, 7) is 5.73. The predicted molar refractivity (Wildman–Crippen MR) is 110 cm³/mol. The Kier molecular flexibility index (Phi) is 6.16. The lowest BCUT2D eigenvalue weighted by molar-refractivity contribution is -0.123. The van der Waals surface area contributed by atoms with Gasteiger partial charge in [0.15, 0.2) is 0 Å². The molecule has 0 atom stereocenters. The molecular weight excluding hydrogens is 373 g/mol. The summed E-state index contributed by atoms with van der Waals surface area (Å²) in [5.74, 6) is -0.371. The molecule has 0 spiro atoms. The first-order valence-electron chi connectivity index (χ1n) is 9.49. The van der Waals surface area contributed by atoms with Crippen LogP contribution in [0.1, 0.15) is 25.0 Å². The van der Waals surface area contributed by atoms with E-state index < -0.39 is 17.8 Å². The van der Waals surface area contributed by atoms with Crippen molar-refractivity contribution in [2.45, 2.75) is 20.4 Å². The number of nitrogens with one attached hydrogen (secondary N) is 1. The first-order chi connectivity index (χ1) is 14.0. The van der Waals surface area contributed by atoms with Gasteiger partial charge in [0.1, 0.15) is 17.3 Å². The van der Waals surface area contributed by atoms with E-state index in [0.29, 0.717) is 11.3 Å². The van der Waals surface area contributed by atoms with Crippen LogP contribution >= 0.6 is 0 Å². The normalized spacial score (nSPS) is 15.0. The van der Waals surface area contributed by atoms with Gasteiger partial charge in [-0.3, -0.25) is 9.69 Å². The Bertz CT molecular complexity index is 954. The Morgan fingerprint density at radius 1 is 1.14 bits per heavy atom. The standard InChI is InChI=1S/C22H24FN3O3/c1-4-25(5-2)17-11-10-15(20(13-17)29-3)12-19-21(27)26(22(28)24-19)14-16-8-6-7-9-18(16)23/h6-13H,4-5,14H2,1-3H3,(H,24,28). The number of rotatable bonds is 7. The lowest BCUT2D eigenvalue weighted by atomic mass is 10.1. The molecule has 2 aromatic carbocycles. The summed E-state index contributed by atoms with van der Waals surface area (Å²) < 4.78 is 19.4. The van der Waals surface area contributed by atoms with Crippen molar-refractivity contribution in [3.8, 4) is 5.75 Å². The molecule has 1 aliphatic rings. The van der Waals surface area contributed by atoms with Gasteiger partial charge in [0.25, 0.3) is 5.91 Å². The number of anilines is 1. The summed E-state index contributed by atoms with van der Waals surface area (Å²) in [5, 5.41) is 2.56. The number of hydrogen-bond donors (Lipinski definition) is 1. The Morgan fingerprint density at radius 3 is 2.52 bits per heavy atom. The van der Waals surface area contributed by atoms with E-state index in [9.17, 15) is 14.0 Å². The van der Waals surface area contributed by atoms with E-state index in [1.54, 1.807) is 31.4 Å². The second-order valence-electron chi connectivity index (χ2n) is 6.57. The van der Waals surface area contributed by atoms with Crippen molar-refractivity contribution >= 4 is 23.7 Å². The average molecular weight is 397 g/mol. The topological polar surface area (TPSA) is 61.9 Å². The number of nitrogens with zero attached hydrogens (tertiary/aromatic N) is 2. The first-order valence-corrected chi connectivity index (χ1v) is 9.49. The van der Waals surface area contributed by atoms with Crippen LogP contribution in [0.4, 0.5) is 14.9 Å². The van der Waals surface area contributed by atoms with Crippen molar-refractivity contribution in [1.82, 2.24) is 10.2 Å². The molecule has 29 heavy (non-hydrogen) atoms. The number of ether oxygens (including phenoxy) is 1. The fourth-order valence-electron chi connectivity index (χ4n) is 3.27. The minimum Gasteiger partial charge on any atom is -0.496 e. The number of halogens is 1. The first kappa shape index (κ1) is 20.4. The Hall–Kier alpha value is -3.35. The number of imide groups is 1. The Balaban J connectivity index is 1.86. The van der Waals surface area contributed by atoms with Gasteiger partial charge in [0.2, 0.25) is 0 Å². The van der Waals surface area contributed by atoms with Gasteiger partial charge >= 0.3 is 6.03 Å². The largest absolute Gasteiger partial charge is 0.496 e. The van der Waals surface area contributed by atoms with Gasteiger partial charge in [-0.05, 0) is 38.1 Å². The Morgan fingerprint density at radius 2 is 1.86 bits per heavy atom. The van der Waals surface area contributed by atoms with Crippen LogP contribution in [0, 0.1) is 5.82 Å². The maximum absolute atomic E-state index is 13.9. The minimum absolute atomic E-state index is 0.125. The SMILES string of the molecule is CCN(CC)c1ccc(C=C2NC(=O)N(Cc3ccccc3F)C2=O)c(OC)c1. The second-order valence-corrected chi connectivity index (χ2v) is 6.57. The third-order valence-corrected chi connectivity index (χ3v) is 4.89. The van der Waals surface area contributed by atoms with Crippen molar-refractivity contribution in [2.75, 3.05) is 25.1 Å². The fraction of sp³-hybridized carbons (Fsp3) is 0.273. The van der Waals surface area contributed by atoms with Crippen LogP contribution in [0.2, 0.25) is 0 Å². The monoisotopic (exact) mass is 397 g/mol. The zero-order valence-corrected chi connectivity index (χ0v) is 16.7. The molecule has 152 valence electrons. The highest BCUT2D eigenvalue weighted by Crippen LogP contribution is 2.28. The Labute approximate surface area is 169 Å². The summed E-state index contributed by atoms with van der Waals surface area (Å²) in [6.07, 6.45) is 1.58. The van der Waals surface area contributed by atoms with Gasteiger partial charge in [-0.2, -0.15) is 0 Å². The van der Waals surface area contributed by atoms with Crippen molar-refractivity contribution in [1.29, 1.82) is 0 Å². The molecule has 6 nitrogen and oxygen atoms in total. The van der Waals surface area contributed by atoms with Crippen LogP contribution < -0.4 is 15.0 Å². The molecule has 1 aliphatic heterocycles. The van der Waals surface area contributed by atoms with E-state index in [1.165, 1.54) is 6.07 Å². The molecule has 1 heterocycles. The van der Waals surface area contributed by atoms with E-state index in [2.05, 4.69) is 24.1 Å². The lowest BCUT2D eigenvalue weighted by Gasteiger charge is -2.22. The van der Waals surface area contributed by atoms with Crippen LogP contribution in [0.3, 0.4) is 0 Å². The minimum atomic E-state index is -0.580. The van der Waals surface area contributed by atoms with Gasteiger partial charge in [0, 0.05) is 36.0 Å². The highest BCUT2D eigenvalue weighted by molar-refractivity contribution is 6.14. The summed E-state index contributed by atoms with van der Waals surface area (Å²) >= 11 is 0. The molecule has 0 saturated carbocycles. The van der Waals surface area contributed by atoms with Crippen LogP contribution in [-0.2, 0) is 11.3 Å². The summed E-state index contributed by atoms with van der Waals surface area (Å²) in [5.41, 5.74) is 2.08. The van der Waals surface area contributed by atoms with E-state index >= 15 is 0 Å². The van der Waals surface area contributed by atoms with E-state index in [-0.39, 0.29) is 17.8 Å². The van der Waals surface area contributed by atoms with Crippen LogP contribution in [0.25, 0.3) is 6.08 Å².